The van der Waals surface area contributed by atoms with E-state index in [1.54, 1.807) is 0 Å². The third-order valence-electron chi connectivity index (χ3n) is 1.04. The van der Waals surface area contributed by atoms with Gasteiger partial charge in [-0.1, -0.05) is 5.18 Å². The van der Waals surface area contributed by atoms with Crippen LogP contribution in [0.15, 0.2) is 29.5 Å². The van der Waals surface area contributed by atoms with Gasteiger partial charge in [0.2, 0.25) is 0 Å². The van der Waals surface area contributed by atoms with Gasteiger partial charge >= 0.3 is 0 Å². The van der Waals surface area contributed by atoms with Gasteiger partial charge < -0.3 is 0 Å². The Morgan fingerprint density at radius 1 is 1.33 bits per heavy atom. The number of carbonyl (C=O) groups is 1. The van der Waals surface area contributed by atoms with Crippen LogP contribution in [-0.4, -0.2) is 11.8 Å². The van der Waals surface area contributed by atoms with Crippen LogP contribution in [0.2, 0.25) is 0 Å². The third-order valence-corrected chi connectivity index (χ3v) is 1.04. The monoisotopic (exact) mass is 123 g/mol. The Morgan fingerprint density at radius 2 is 1.89 bits per heavy atom. The summed E-state index contributed by atoms with van der Waals surface area (Å²) >= 11 is 0. The Labute approximate surface area is 52.0 Å². The van der Waals surface area contributed by atoms with Gasteiger partial charge in [-0.25, -0.2) is 0 Å². The number of hydrogen-bond acceptors (Lipinski definition) is 3. The number of allylic oxidation sites excluding steroid dienone is 2. The first-order valence-corrected chi connectivity index (χ1v) is 2.56. The molecule has 46 valence electrons. The smallest absolute Gasteiger partial charge is 0.178 e. The topological polar surface area (TPSA) is 46.5 Å². The van der Waals surface area contributed by atoms with Gasteiger partial charge in [0.25, 0.3) is 0 Å². The van der Waals surface area contributed by atoms with Gasteiger partial charge in [0.05, 0.1) is 0 Å². The molecular formula is C6H5NO2. The van der Waals surface area contributed by atoms with Crippen LogP contribution < -0.4 is 0 Å². The van der Waals surface area contributed by atoms with Crippen LogP contribution in [0.3, 0.4) is 0 Å². The number of carbonyl (C=O) groups excluding carboxylic acids is 1. The number of rotatable bonds is 1. The van der Waals surface area contributed by atoms with Crippen LogP contribution in [0.4, 0.5) is 0 Å². The molecule has 0 aromatic rings. The predicted molar refractivity (Wildman–Crippen MR) is 32.9 cm³/mol. The second-order valence-corrected chi connectivity index (χ2v) is 1.72. The fourth-order valence-electron chi connectivity index (χ4n) is 0.577. The molecule has 1 aliphatic rings. The van der Waals surface area contributed by atoms with Gasteiger partial charge in [0.1, 0.15) is 6.04 Å². The molecule has 0 aromatic carbocycles. The van der Waals surface area contributed by atoms with Crippen LogP contribution >= 0.6 is 0 Å². The van der Waals surface area contributed by atoms with Gasteiger partial charge in [-0.3, -0.25) is 4.79 Å². The first-order chi connectivity index (χ1) is 4.33. The maximum absolute atomic E-state index is 10.4. The molecule has 0 atom stereocenters. The van der Waals surface area contributed by atoms with Crippen molar-refractivity contribution in [3.05, 3.63) is 29.2 Å². The fraction of sp³-hybridized carbons (Fsp3) is 0.167. The van der Waals surface area contributed by atoms with Crippen molar-refractivity contribution in [2.45, 2.75) is 6.04 Å². The third kappa shape index (κ3) is 1.32. The summed E-state index contributed by atoms with van der Waals surface area (Å²) in [6.45, 7) is 0. The molecule has 0 saturated heterocycles. The van der Waals surface area contributed by atoms with Crippen LogP contribution in [0, 0.1) is 4.91 Å². The summed E-state index contributed by atoms with van der Waals surface area (Å²) in [4.78, 5) is 20.2. The van der Waals surface area contributed by atoms with E-state index in [2.05, 4.69) is 5.18 Å². The SMILES string of the molecule is O=NC1C=CC(=O)C=C1. The molecule has 0 fully saturated rings. The largest absolute Gasteiger partial charge is 0.290 e. The highest BCUT2D eigenvalue weighted by Gasteiger charge is 2.03. The maximum atomic E-state index is 10.4. The van der Waals surface area contributed by atoms with Crippen molar-refractivity contribution in [2.24, 2.45) is 5.18 Å². The summed E-state index contributed by atoms with van der Waals surface area (Å²) in [5.41, 5.74) is 0. The standard InChI is InChI=1S/C6H5NO2/c8-6-3-1-5(7-9)2-4-6/h1-5H. The molecular weight excluding hydrogens is 118 g/mol. The number of nitrogens with zero attached hydrogens (tertiary/aromatic N) is 1. The summed E-state index contributed by atoms with van der Waals surface area (Å²) < 4.78 is 0. The molecule has 3 heteroatoms. The highest BCUT2D eigenvalue weighted by molar-refractivity contribution is 6.00. The lowest BCUT2D eigenvalue weighted by Gasteiger charge is -1.97. The van der Waals surface area contributed by atoms with Gasteiger partial charge in [-0.05, 0) is 24.3 Å². The highest BCUT2D eigenvalue weighted by atomic mass is 16.3. The summed E-state index contributed by atoms with van der Waals surface area (Å²) in [6, 6.07) is -0.442. The van der Waals surface area contributed by atoms with Gasteiger partial charge in [0, 0.05) is 0 Å². The van der Waals surface area contributed by atoms with Crippen LogP contribution in [-0.2, 0) is 4.79 Å². The van der Waals surface area contributed by atoms with E-state index in [1.807, 2.05) is 0 Å². The molecule has 0 bridgehead atoms. The first-order valence-electron chi connectivity index (χ1n) is 2.56. The molecule has 3 nitrogen and oxygen atoms in total. The molecule has 0 unspecified atom stereocenters. The Kier molecular flexibility index (Phi) is 1.53. The fourth-order valence-corrected chi connectivity index (χ4v) is 0.577. The molecule has 0 spiro atoms. The number of hydrogen-bond donors (Lipinski definition) is 0. The van der Waals surface area contributed by atoms with Crippen molar-refractivity contribution < 1.29 is 4.79 Å². The lowest BCUT2D eigenvalue weighted by atomic mass is 10.1. The molecule has 0 N–H and O–H groups in total. The zero-order valence-electron chi connectivity index (χ0n) is 4.65. The van der Waals surface area contributed by atoms with Gasteiger partial charge in [0.15, 0.2) is 5.78 Å². The average molecular weight is 123 g/mol. The summed E-state index contributed by atoms with van der Waals surface area (Å²) in [5.74, 6) is -0.0881. The van der Waals surface area contributed by atoms with Crippen molar-refractivity contribution in [3.63, 3.8) is 0 Å². The Hall–Kier alpha value is -1.25. The second kappa shape index (κ2) is 2.35. The van der Waals surface area contributed by atoms with Crippen molar-refractivity contribution in [1.82, 2.24) is 0 Å². The predicted octanol–water partition coefficient (Wildman–Crippen LogP) is 0.817. The summed E-state index contributed by atoms with van der Waals surface area (Å²) in [6.07, 6.45) is 5.61. The molecule has 0 aromatic heterocycles. The second-order valence-electron chi connectivity index (χ2n) is 1.72. The zero-order chi connectivity index (χ0) is 6.69. The quantitative estimate of drug-likeness (QED) is 0.484. The van der Waals surface area contributed by atoms with Crippen LogP contribution in [0.25, 0.3) is 0 Å². The van der Waals surface area contributed by atoms with Crippen molar-refractivity contribution >= 4 is 5.78 Å². The lowest BCUT2D eigenvalue weighted by molar-refractivity contribution is -0.110. The number of ketones is 1. The normalized spacial score (nSPS) is 18.4. The van der Waals surface area contributed by atoms with Gasteiger partial charge in [-0.2, -0.15) is 0 Å². The number of nitroso groups, excluding NO2 is 1. The van der Waals surface area contributed by atoms with Crippen molar-refractivity contribution in [1.29, 1.82) is 0 Å². The molecule has 0 heterocycles. The van der Waals surface area contributed by atoms with E-state index in [1.165, 1.54) is 24.3 Å². The molecule has 0 saturated carbocycles. The molecule has 0 radical (unpaired) electrons. The first kappa shape index (κ1) is 5.88. The van der Waals surface area contributed by atoms with E-state index in [0.717, 1.165) is 0 Å². The molecule has 1 rings (SSSR count). The van der Waals surface area contributed by atoms with E-state index in [9.17, 15) is 9.70 Å². The van der Waals surface area contributed by atoms with Crippen molar-refractivity contribution in [2.75, 3.05) is 0 Å². The van der Waals surface area contributed by atoms with Crippen molar-refractivity contribution in [3.8, 4) is 0 Å². The maximum Gasteiger partial charge on any atom is 0.178 e. The molecule has 9 heavy (non-hydrogen) atoms. The van der Waals surface area contributed by atoms with E-state index in [0.29, 0.717) is 0 Å². The van der Waals surface area contributed by atoms with Gasteiger partial charge in [-0.15, -0.1) is 4.91 Å². The van der Waals surface area contributed by atoms with Crippen LogP contribution in [0.5, 0.6) is 0 Å². The minimum absolute atomic E-state index is 0.0881. The minimum atomic E-state index is -0.442. The summed E-state index contributed by atoms with van der Waals surface area (Å²) in [5, 5.41) is 2.71. The lowest BCUT2D eigenvalue weighted by Crippen LogP contribution is -2.01. The van der Waals surface area contributed by atoms with E-state index in [-0.39, 0.29) is 5.78 Å². The van der Waals surface area contributed by atoms with E-state index >= 15 is 0 Å². The van der Waals surface area contributed by atoms with E-state index < -0.39 is 6.04 Å². The highest BCUT2D eigenvalue weighted by Crippen LogP contribution is 2.01. The zero-order valence-corrected chi connectivity index (χ0v) is 4.65. The Balaban J connectivity index is 2.68. The molecule has 0 amide bonds. The van der Waals surface area contributed by atoms with E-state index in [4.69, 9.17) is 0 Å². The van der Waals surface area contributed by atoms with Crippen LogP contribution in [0.1, 0.15) is 0 Å². The minimum Gasteiger partial charge on any atom is -0.290 e. The Morgan fingerprint density at radius 3 is 2.33 bits per heavy atom. The molecule has 1 aliphatic carbocycles. The summed E-state index contributed by atoms with van der Waals surface area (Å²) in [7, 11) is 0. The molecule has 0 aliphatic heterocycles. The average Bonchev–Trinajstić information content (AvgIpc) is 1.90. The Bertz CT molecular complexity index is 177.